The fraction of sp³-hybridized carbons (Fsp3) is 0.692. The summed E-state index contributed by atoms with van der Waals surface area (Å²) in [6, 6.07) is 7.40. The summed E-state index contributed by atoms with van der Waals surface area (Å²) in [5.74, 6) is 2.16. The molecule has 5 heteroatoms. The number of fused-ring (bicyclic) bond motifs is 5. The minimum Gasteiger partial charge on any atom is -0.367 e. The van der Waals surface area contributed by atoms with Crippen LogP contribution in [0.2, 0.25) is 5.02 Å². The van der Waals surface area contributed by atoms with E-state index < -0.39 is 0 Å². The minimum absolute atomic E-state index is 0.0710. The van der Waals surface area contributed by atoms with Gasteiger partial charge >= 0.3 is 0 Å². The second-order valence-electron chi connectivity index (χ2n) is 11.0. The van der Waals surface area contributed by atoms with Gasteiger partial charge in [0, 0.05) is 16.6 Å². The van der Waals surface area contributed by atoms with Crippen LogP contribution in [-0.4, -0.2) is 24.4 Å². The Kier molecular flexibility index (Phi) is 5.45. The van der Waals surface area contributed by atoms with Crippen molar-refractivity contribution in [2.75, 3.05) is 5.32 Å². The molecular weight excluding hydrogens is 410 g/mol. The number of amides is 1. The Labute approximate surface area is 190 Å². The van der Waals surface area contributed by atoms with Crippen LogP contribution < -0.4 is 5.32 Å². The quantitative estimate of drug-likeness (QED) is 0.593. The molecule has 1 aromatic rings. The van der Waals surface area contributed by atoms with Gasteiger partial charge in [0.1, 0.15) is 12.4 Å². The number of rotatable bonds is 3. The molecule has 8 atom stereocenters. The van der Waals surface area contributed by atoms with Crippen molar-refractivity contribution >= 4 is 29.5 Å². The molecule has 0 aromatic heterocycles. The van der Waals surface area contributed by atoms with Crippen LogP contribution in [0.25, 0.3) is 0 Å². The molecule has 1 amide bonds. The molecule has 0 spiro atoms. The molecule has 4 fully saturated rings. The molecule has 1 heterocycles. The maximum absolute atomic E-state index is 13.3. The largest absolute Gasteiger partial charge is 0.367 e. The highest BCUT2D eigenvalue weighted by molar-refractivity contribution is 6.30. The number of anilines is 1. The number of nitrogens with one attached hydrogen (secondary N) is 1. The van der Waals surface area contributed by atoms with Crippen molar-refractivity contribution in [1.29, 1.82) is 0 Å². The summed E-state index contributed by atoms with van der Waals surface area (Å²) in [6.45, 7) is 4.79. The van der Waals surface area contributed by atoms with E-state index in [1.54, 1.807) is 0 Å². The molecule has 1 N–H and O–H groups in total. The zero-order valence-corrected chi connectivity index (χ0v) is 19.4. The van der Waals surface area contributed by atoms with Crippen LogP contribution in [0.1, 0.15) is 65.2 Å². The third-order valence-electron chi connectivity index (χ3n) is 9.67. The summed E-state index contributed by atoms with van der Waals surface area (Å²) in [5.41, 5.74) is 1.07. The fourth-order valence-corrected chi connectivity index (χ4v) is 8.14. The summed E-state index contributed by atoms with van der Waals surface area (Å²) in [6.07, 6.45) is 9.57. The predicted molar refractivity (Wildman–Crippen MR) is 122 cm³/mol. The normalized spacial score (nSPS) is 44.0. The maximum Gasteiger partial charge on any atom is 0.228 e. The molecule has 168 valence electrons. The topological polar surface area (TPSA) is 55.4 Å². The van der Waals surface area contributed by atoms with Gasteiger partial charge in [0.15, 0.2) is 0 Å². The van der Waals surface area contributed by atoms with Gasteiger partial charge in [-0.2, -0.15) is 0 Å². The van der Waals surface area contributed by atoms with Crippen molar-refractivity contribution in [1.82, 2.24) is 0 Å². The van der Waals surface area contributed by atoms with Crippen LogP contribution in [0.4, 0.5) is 5.69 Å². The maximum atomic E-state index is 13.3. The highest BCUT2D eigenvalue weighted by atomic mass is 35.5. The Morgan fingerprint density at radius 1 is 1.00 bits per heavy atom. The lowest BCUT2D eigenvalue weighted by Gasteiger charge is -2.60. The van der Waals surface area contributed by atoms with Crippen molar-refractivity contribution in [3.8, 4) is 0 Å². The van der Waals surface area contributed by atoms with Gasteiger partial charge in [0.05, 0.1) is 6.10 Å². The molecule has 0 bridgehead atoms. The molecular formula is C26H34ClNO3. The number of ether oxygens (including phenoxy) is 1. The smallest absolute Gasteiger partial charge is 0.228 e. The van der Waals surface area contributed by atoms with Gasteiger partial charge in [-0.1, -0.05) is 25.4 Å². The monoisotopic (exact) mass is 443 g/mol. The van der Waals surface area contributed by atoms with Crippen molar-refractivity contribution in [2.24, 2.45) is 34.5 Å². The second-order valence-corrected chi connectivity index (χ2v) is 11.4. The van der Waals surface area contributed by atoms with E-state index in [-0.39, 0.29) is 34.9 Å². The van der Waals surface area contributed by atoms with Crippen LogP contribution in [0.15, 0.2) is 24.3 Å². The molecule has 1 aliphatic heterocycles. The molecule has 4 nitrogen and oxygen atoms in total. The molecule has 1 saturated heterocycles. The van der Waals surface area contributed by atoms with Crippen molar-refractivity contribution in [2.45, 2.75) is 77.4 Å². The van der Waals surface area contributed by atoms with Gasteiger partial charge in [-0.15, -0.1) is 0 Å². The van der Waals surface area contributed by atoms with E-state index in [9.17, 15) is 9.59 Å². The van der Waals surface area contributed by atoms with E-state index in [4.69, 9.17) is 16.3 Å². The first-order chi connectivity index (χ1) is 14.8. The third-order valence-corrected chi connectivity index (χ3v) is 9.92. The Morgan fingerprint density at radius 2 is 1.71 bits per heavy atom. The molecule has 1 unspecified atom stereocenters. The molecule has 31 heavy (non-hydrogen) atoms. The molecule has 3 aliphatic carbocycles. The van der Waals surface area contributed by atoms with Gasteiger partial charge in [0.2, 0.25) is 5.91 Å². The number of carbonyl (C=O) groups excluding carboxylic acids is 2. The van der Waals surface area contributed by atoms with E-state index in [1.807, 2.05) is 24.3 Å². The van der Waals surface area contributed by atoms with Gasteiger partial charge < -0.3 is 14.8 Å². The molecule has 4 aliphatic rings. The Balaban J connectivity index is 1.33. The molecule has 0 radical (unpaired) electrons. The standard InChI is InChI=1S/C26H34ClNO3/c1-25-14-12-21-19(7-10-23-26(21,2)13-11-18(15-29)31-23)20(25)8-9-22(25)24(30)28-17-5-3-16(27)4-6-17/h3-6,15,18-23H,7-14H2,1-2H3,(H,28,30)/t18?,19-,20-,21-,22+,23+,25-,26+/m0/s1. The van der Waals surface area contributed by atoms with Crippen LogP contribution in [0, 0.1) is 34.5 Å². The molecule has 5 rings (SSSR count). The minimum atomic E-state index is -0.212. The summed E-state index contributed by atoms with van der Waals surface area (Å²) in [5, 5.41) is 3.83. The molecule has 1 aromatic carbocycles. The van der Waals surface area contributed by atoms with Gasteiger partial charge in [0.25, 0.3) is 0 Å². The van der Waals surface area contributed by atoms with Gasteiger partial charge in [-0.25, -0.2) is 0 Å². The number of aldehydes is 1. The number of benzene rings is 1. The molecule has 3 saturated carbocycles. The van der Waals surface area contributed by atoms with E-state index in [0.717, 1.165) is 50.5 Å². The number of halogens is 1. The lowest BCUT2D eigenvalue weighted by Crippen LogP contribution is -2.57. The average Bonchev–Trinajstić information content (AvgIpc) is 3.12. The van der Waals surface area contributed by atoms with Gasteiger partial charge in [-0.3, -0.25) is 4.79 Å². The first-order valence-corrected chi connectivity index (χ1v) is 12.4. The van der Waals surface area contributed by atoms with Crippen LogP contribution >= 0.6 is 11.6 Å². The van der Waals surface area contributed by atoms with Crippen molar-refractivity contribution < 1.29 is 14.3 Å². The Morgan fingerprint density at radius 3 is 2.45 bits per heavy atom. The number of hydrogen-bond donors (Lipinski definition) is 1. The van der Waals surface area contributed by atoms with E-state index in [0.29, 0.717) is 22.8 Å². The zero-order chi connectivity index (χ0) is 21.8. The summed E-state index contributed by atoms with van der Waals surface area (Å²) in [7, 11) is 0. The lowest BCUT2D eigenvalue weighted by atomic mass is 9.47. The average molecular weight is 444 g/mol. The first-order valence-electron chi connectivity index (χ1n) is 12.0. The SMILES string of the molecule is C[C@]12CCC(C=O)O[C@@H]1CC[C@@H]1[C@@H]2CC[C@]2(C)[C@@H](C(=O)Nc3ccc(Cl)cc3)CC[C@@H]12. The summed E-state index contributed by atoms with van der Waals surface area (Å²) < 4.78 is 6.22. The lowest BCUT2D eigenvalue weighted by molar-refractivity contribution is -0.195. The van der Waals surface area contributed by atoms with Crippen LogP contribution in [-0.2, 0) is 14.3 Å². The predicted octanol–water partition coefficient (Wildman–Crippen LogP) is 5.88. The third kappa shape index (κ3) is 3.45. The van der Waals surface area contributed by atoms with Crippen molar-refractivity contribution in [3.05, 3.63) is 29.3 Å². The zero-order valence-electron chi connectivity index (χ0n) is 18.6. The van der Waals surface area contributed by atoms with Gasteiger partial charge in [-0.05, 0) is 104 Å². The number of hydrogen-bond acceptors (Lipinski definition) is 3. The van der Waals surface area contributed by atoms with E-state index in [1.165, 1.54) is 12.8 Å². The second kappa shape index (κ2) is 7.88. The summed E-state index contributed by atoms with van der Waals surface area (Å²) in [4.78, 5) is 24.6. The highest BCUT2D eigenvalue weighted by Gasteiger charge is 2.61. The van der Waals surface area contributed by atoms with Crippen LogP contribution in [0.5, 0.6) is 0 Å². The van der Waals surface area contributed by atoms with Crippen molar-refractivity contribution in [3.63, 3.8) is 0 Å². The first kappa shape index (κ1) is 21.5. The number of carbonyl (C=O) groups is 2. The van der Waals surface area contributed by atoms with E-state index in [2.05, 4.69) is 19.2 Å². The summed E-state index contributed by atoms with van der Waals surface area (Å²) >= 11 is 5.99. The Hall–Kier alpha value is -1.39. The Bertz CT molecular complexity index is 857. The fourth-order valence-electron chi connectivity index (χ4n) is 8.02. The van der Waals surface area contributed by atoms with E-state index >= 15 is 0 Å². The highest BCUT2D eigenvalue weighted by Crippen LogP contribution is 2.66. The van der Waals surface area contributed by atoms with Crippen LogP contribution in [0.3, 0.4) is 0 Å².